The van der Waals surface area contributed by atoms with Crippen LogP contribution in [0.15, 0.2) is 61.2 Å². The lowest BCUT2D eigenvalue weighted by Crippen LogP contribution is -2.49. The molecule has 0 bridgehead atoms. The van der Waals surface area contributed by atoms with E-state index in [2.05, 4.69) is 30.5 Å². The van der Waals surface area contributed by atoms with E-state index >= 15 is 0 Å². The first-order valence-corrected chi connectivity index (χ1v) is 13.3. The van der Waals surface area contributed by atoms with Crippen molar-refractivity contribution in [3.8, 4) is 11.3 Å². The van der Waals surface area contributed by atoms with Crippen LogP contribution in [0.3, 0.4) is 0 Å². The van der Waals surface area contributed by atoms with Crippen LogP contribution in [-0.4, -0.2) is 74.4 Å². The molecule has 0 unspecified atom stereocenters. The van der Waals surface area contributed by atoms with Crippen LogP contribution in [0.2, 0.25) is 0 Å². The number of nitrogens with one attached hydrogen (secondary N) is 2. The molecule has 6 rings (SSSR count). The van der Waals surface area contributed by atoms with Gasteiger partial charge in [0.15, 0.2) is 11.5 Å². The molecule has 184 valence electrons. The Labute approximate surface area is 207 Å². The number of piperazine rings is 1. The van der Waals surface area contributed by atoms with E-state index in [0.717, 1.165) is 33.5 Å². The molecular formula is C24H25N9O2S. The first-order chi connectivity index (χ1) is 17.5. The molecule has 1 aliphatic heterocycles. The second-order valence-electron chi connectivity index (χ2n) is 8.63. The standard InChI is InChI=1S/C24H25N9O2S/c1-2-36(34,35)32-11-9-31(10-12-32)20-7-5-19(6-8-20)28-23-24-25-16-27-33(24)15-22(29-23)17-3-4-18-14-26-30-21(18)13-17/h3-8,13-16H,2,9-12H2,1H3,(H,26,30)(H,28,29). The Morgan fingerprint density at radius 1 is 1.06 bits per heavy atom. The van der Waals surface area contributed by atoms with E-state index < -0.39 is 10.0 Å². The number of aromatic amines is 1. The Balaban J connectivity index is 1.23. The van der Waals surface area contributed by atoms with Gasteiger partial charge in [0.1, 0.15) is 6.33 Å². The zero-order valence-electron chi connectivity index (χ0n) is 19.7. The summed E-state index contributed by atoms with van der Waals surface area (Å²) in [5, 5.41) is 15.8. The molecule has 3 aromatic heterocycles. The minimum atomic E-state index is -3.14. The van der Waals surface area contributed by atoms with E-state index in [4.69, 9.17) is 4.98 Å². The molecule has 1 saturated heterocycles. The fourth-order valence-corrected chi connectivity index (χ4v) is 5.53. The van der Waals surface area contributed by atoms with Gasteiger partial charge in [-0.25, -0.2) is 22.9 Å². The number of fused-ring (bicyclic) bond motifs is 2. The van der Waals surface area contributed by atoms with Crippen molar-refractivity contribution in [1.29, 1.82) is 0 Å². The van der Waals surface area contributed by atoms with Gasteiger partial charge in [-0.15, -0.1) is 0 Å². The molecule has 0 amide bonds. The third-order valence-electron chi connectivity index (χ3n) is 6.49. The largest absolute Gasteiger partial charge is 0.369 e. The summed E-state index contributed by atoms with van der Waals surface area (Å²) in [6.07, 6.45) is 5.15. The van der Waals surface area contributed by atoms with Gasteiger partial charge in [0.25, 0.3) is 0 Å². The van der Waals surface area contributed by atoms with Crippen LogP contribution >= 0.6 is 0 Å². The van der Waals surface area contributed by atoms with E-state index in [0.29, 0.717) is 37.6 Å². The van der Waals surface area contributed by atoms with Gasteiger partial charge in [-0.3, -0.25) is 5.10 Å². The van der Waals surface area contributed by atoms with Crippen molar-refractivity contribution in [1.82, 2.24) is 34.1 Å². The summed E-state index contributed by atoms with van der Waals surface area (Å²) in [4.78, 5) is 11.4. The van der Waals surface area contributed by atoms with Crippen LogP contribution in [-0.2, 0) is 10.0 Å². The molecule has 0 saturated carbocycles. The predicted octanol–water partition coefficient (Wildman–Crippen LogP) is 2.88. The zero-order chi connectivity index (χ0) is 24.7. The number of hydrogen-bond donors (Lipinski definition) is 2. The summed E-state index contributed by atoms with van der Waals surface area (Å²) < 4.78 is 27.5. The highest BCUT2D eigenvalue weighted by molar-refractivity contribution is 7.89. The van der Waals surface area contributed by atoms with Crippen molar-refractivity contribution in [2.75, 3.05) is 42.1 Å². The molecule has 2 aromatic carbocycles. The Kier molecular flexibility index (Phi) is 5.53. The highest BCUT2D eigenvalue weighted by Crippen LogP contribution is 2.27. The minimum absolute atomic E-state index is 0.139. The van der Waals surface area contributed by atoms with Crippen molar-refractivity contribution >= 4 is 43.8 Å². The molecule has 12 heteroatoms. The highest BCUT2D eigenvalue weighted by atomic mass is 32.2. The second kappa shape index (κ2) is 8.88. The molecule has 1 aliphatic rings. The van der Waals surface area contributed by atoms with Gasteiger partial charge in [-0.05, 0) is 37.3 Å². The molecule has 2 N–H and O–H groups in total. The number of sulfonamides is 1. The molecule has 0 aliphatic carbocycles. The van der Waals surface area contributed by atoms with Crippen LogP contribution in [0, 0.1) is 0 Å². The fraction of sp³-hybridized carbons (Fsp3) is 0.250. The highest BCUT2D eigenvalue weighted by Gasteiger charge is 2.25. The van der Waals surface area contributed by atoms with Crippen LogP contribution in [0.5, 0.6) is 0 Å². The molecular weight excluding hydrogens is 478 g/mol. The summed E-state index contributed by atoms with van der Waals surface area (Å²) in [6.45, 7) is 4.01. The van der Waals surface area contributed by atoms with Crippen LogP contribution < -0.4 is 10.2 Å². The topological polar surface area (TPSA) is 124 Å². The summed E-state index contributed by atoms with van der Waals surface area (Å²) in [7, 11) is -3.14. The number of rotatable bonds is 6. The van der Waals surface area contributed by atoms with Gasteiger partial charge < -0.3 is 10.2 Å². The van der Waals surface area contributed by atoms with Gasteiger partial charge in [-0.2, -0.15) is 14.5 Å². The average Bonchev–Trinajstić information content (AvgIpc) is 3.58. The first-order valence-electron chi connectivity index (χ1n) is 11.7. The number of anilines is 3. The van der Waals surface area contributed by atoms with Gasteiger partial charge in [0, 0.05) is 48.5 Å². The Morgan fingerprint density at radius 3 is 2.64 bits per heavy atom. The van der Waals surface area contributed by atoms with E-state index in [9.17, 15) is 8.42 Å². The molecule has 0 radical (unpaired) electrons. The SMILES string of the molecule is CCS(=O)(=O)N1CCN(c2ccc(Nc3nc(-c4ccc5cn[nH]c5c4)cn4ncnc34)cc2)CC1. The Morgan fingerprint density at radius 2 is 1.86 bits per heavy atom. The summed E-state index contributed by atoms with van der Waals surface area (Å²) >= 11 is 0. The molecule has 11 nitrogen and oxygen atoms in total. The Hall–Kier alpha value is -4.03. The average molecular weight is 504 g/mol. The Bertz CT molecular complexity index is 1640. The number of H-pyrrole nitrogens is 1. The maximum absolute atomic E-state index is 12.1. The van der Waals surface area contributed by atoms with Gasteiger partial charge in [0.2, 0.25) is 10.0 Å². The normalized spacial score (nSPS) is 15.1. The van der Waals surface area contributed by atoms with Crippen LogP contribution in [0.25, 0.3) is 27.8 Å². The van der Waals surface area contributed by atoms with Crippen molar-refractivity contribution in [3.05, 3.63) is 61.2 Å². The van der Waals surface area contributed by atoms with Crippen LogP contribution in [0.1, 0.15) is 6.92 Å². The molecule has 36 heavy (non-hydrogen) atoms. The van der Waals surface area contributed by atoms with Crippen molar-refractivity contribution in [3.63, 3.8) is 0 Å². The molecule has 0 spiro atoms. The third kappa shape index (κ3) is 4.14. The van der Waals surface area contributed by atoms with E-state index in [-0.39, 0.29) is 5.75 Å². The number of hydrogen-bond acceptors (Lipinski definition) is 8. The molecule has 1 fully saturated rings. The second-order valence-corrected chi connectivity index (χ2v) is 10.9. The zero-order valence-corrected chi connectivity index (χ0v) is 20.5. The van der Waals surface area contributed by atoms with E-state index in [1.807, 2.05) is 48.7 Å². The number of nitrogens with zero attached hydrogens (tertiary/aromatic N) is 7. The maximum Gasteiger partial charge on any atom is 0.213 e. The van der Waals surface area contributed by atoms with Gasteiger partial charge in [0.05, 0.1) is 29.4 Å². The summed E-state index contributed by atoms with van der Waals surface area (Å²) in [6, 6.07) is 14.1. The number of aromatic nitrogens is 6. The lowest BCUT2D eigenvalue weighted by atomic mass is 10.1. The van der Waals surface area contributed by atoms with Crippen molar-refractivity contribution < 1.29 is 8.42 Å². The molecule has 0 atom stereocenters. The fourth-order valence-electron chi connectivity index (χ4n) is 4.45. The van der Waals surface area contributed by atoms with Gasteiger partial charge in [-0.1, -0.05) is 12.1 Å². The maximum atomic E-state index is 12.1. The number of benzene rings is 2. The smallest absolute Gasteiger partial charge is 0.213 e. The quantitative estimate of drug-likeness (QED) is 0.362. The van der Waals surface area contributed by atoms with E-state index in [1.54, 1.807) is 21.9 Å². The predicted molar refractivity (Wildman–Crippen MR) is 139 cm³/mol. The van der Waals surface area contributed by atoms with Crippen molar-refractivity contribution in [2.45, 2.75) is 6.92 Å². The van der Waals surface area contributed by atoms with Crippen molar-refractivity contribution in [2.24, 2.45) is 0 Å². The van der Waals surface area contributed by atoms with E-state index in [1.165, 1.54) is 6.33 Å². The lowest BCUT2D eigenvalue weighted by Gasteiger charge is -2.35. The summed E-state index contributed by atoms with van der Waals surface area (Å²) in [5.74, 6) is 0.737. The third-order valence-corrected chi connectivity index (χ3v) is 8.37. The molecule has 5 aromatic rings. The first kappa shape index (κ1) is 22.4. The van der Waals surface area contributed by atoms with Gasteiger partial charge >= 0.3 is 0 Å². The molecule has 4 heterocycles. The lowest BCUT2D eigenvalue weighted by molar-refractivity contribution is 0.385. The monoisotopic (exact) mass is 503 g/mol. The van der Waals surface area contributed by atoms with Crippen LogP contribution in [0.4, 0.5) is 17.2 Å². The minimum Gasteiger partial charge on any atom is -0.369 e. The summed E-state index contributed by atoms with van der Waals surface area (Å²) in [5.41, 5.74) is 5.17.